The SMILES string of the molecule is N#Cc1ncc(N)cc1Nc1cc(-c2ccccc2)no1. The highest BCUT2D eigenvalue weighted by Gasteiger charge is 2.09. The lowest BCUT2D eigenvalue weighted by atomic mass is 10.1. The minimum Gasteiger partial charge on any atom is -0.397 e. The van der Waals surface area contributed by atoms with Crippen LogP contribution in [0, 0.1) is 11.3 Å². The van der Waals surface area contributed by atoms with Gasteiger partial charge in [0.25, 0.3) is 0 Å². The lowest BCUT2D eigenvalue weighted by Gasteiger charge is -2.04. The second kappa shape index (κ2) is 5.35. The predicted octanol–water partition coefficient (Wildman–Crippen LogP) is 2.93. The molecule has 0 fully saturated rings. The summed E-state index contributed by atoms with van der Waals surface area (Å²) in [6.07, 6.45) is 1.43. The molecule has 102 valence electrons. The monoisotopic (exact) mass is 277 g/mol. The van der Waals surface area contributed by atoms with Gasteiger partial charge in [0.15, 0.2) is 5.69 Å². The van der Waals surface area contributed by atoms with Crippen LogP contribution in [-0.4, -0.2) is 10.1 Å². The first kappa shape index (κ1) is 12.7. The number of nitrogens with zero attached hydrogens (tertiary/aromatic N) is 3. The molecule has 1 aromatic carbocycles. The molecule has 0 aliphatic rings. The van der Waals surface area contributed by atoms with Gasteiger partial charge in [-0.15, -0.1) is 0 Å². The standard InChI is InChI=1S/C15H11N5O/c16-8-14-13(6-11(17)9-18-14)19-15-7-12(20-21-15)10-4-2-1-3-5-10/h1-7,9,19H,17H2. The highest BCUT2D eigenvalue weighted by molar-refractivity contribution is 5.68. The number of nitrogens with two attached hydrogens (primary N) is 1. The van der Waals surface area contributed by atoms with Crippen LogP contribution in [0.2, 0.25) is 0 Å². The minimum absolute atomic E-state index is 0.238. The van der Waals surface area contributed by atoms with Crippen LogP contribution in [0.5, 0.6) is 0 Å². The lowest BCUT2D eigenvalue weighted by Crippen LogP contribution is -1.97. The molecule has 21 heavy (non-hydrogen) atoms. The van der Waals surface area contributed by atoms with Gasteiger partial charge in [0.1, 0.15) is 11.8 Å². The van der Waals surface area contributed by atoms with Crippen LogP contribution in [0.1, 0.15) is 5.69 Å². The van der Waals surface area contributed by atoms with E-state index in [1.165, 1.54) is 6.20 Å². The Morgan fingerprint density at radius 2 is 2.00 bits per heavy atom. The molecule has 2 heterocycles. The van der Waals surface area contributed by atoms with Crippen molar-refractivity contribution in [2.24, 2.45) is 0 Å². The van der Waals surface area contributed by atoms with Crippen molar-refractivity contribution >= 4 is 17.3 Å². The fourth-order valence-electron chi connectivity index (χ4n) is 1.88. The third kappa shape index (κ3) is 2.67. The van der Waals surface area contributed by atoms with Crippen molar-refractivity contribution < 1.29 is 4.52 Å². The van der Waals surface area contributed by atoms with Gasteiger partial charge in [0, 0.05) is 11.6 Å². The van der Waals surface area contributed by atoms with Crippen LogP contribution in [0.3, 0.4) is 0 Å². The maximum absolute atomic E-state index is 9.03. The molecule has 3 aromatic rings. The van der Waals surface area contributed by atoms with Crippen molar-refractivity contribution in [1.29, 1.82) is 5.26 Å². The second-order valence-electron chi connectivity index (χ2n) is 4.34. The quantitative estimate of drug-likeness (QED) is 0.763. The van der Waals surface area contributed by atoms with Gasteiger partial charge in [-0.2, -0.15) is 5.26 Å². The average molecular weight is 277 g/mol. The molecule has 0 spiro atoms. The Hall–Kier alpha value is -3.33. The average Bonchev–Trinajstić information content (AvgIpc) is 2.97. The van der Waals surface area contributed by atoms with E-state index in [-0.39, 0.29) is 5.69 Å². The molecule has 0 saturated carbocycles. The van der Waals surface area contributed by atoms with Gasteiger partial charge in [0.05, 0.1) is 17.6 Å². The molecular formula is C15H11N5O. The molecule has 0 saturated heterocycles. The number of rotatable bonds is 3. The fraction of sp³-hybridized carbons (Fsp3) is 0. The maximum Gasteiger partial charge on any atom is 0.229 e. The smallest absolute Gasteiger partial charge is 0.229 e. The third-order valence-electron chi connectivity index (χ3n) is 2.85. The molecule has 0 unspecified atom stereocenters. The summed E-state index contributed by atoms with van der Waals surface area (Å²) in [5.41, 5.74) is 8.50. The number of benzene rings is 1. The van der Waals surface area contributed by atoms with Crippen LogP contribution >= 0.6 is 0 Å². The van der Waals surface area contributed by atoms with E-state index in [4.69, 9.17) is 15.5 Å². The highest BCUT2D eigenvalue weighted by Crippen LogP contribution is 2.25. The Morgan fingerprint density at radius 3 is 2.76 bits per heavy atom. The number of hydrogen-bond donors (Lipinski definition) is 2. The summed E-state index contributed by atoms with van der Waals surface area (Å²) >= 11 is 0. The van der Waals surface area contributed by atoms with Gasteiger partial charge in [-0.3, -0.25) is 0 Å². The summed E-state index contributed by atoms with van der Waals surface area (Å²) < 4.78 is 5.22. The first-order valence-corrected chi connectivity index (χ1v) is 6.21. The predicted molar refractivity (Wildman–Crippen MR) is 78.6 cm³/mol. The largest absolute Gasteiger partial charge is 0.397 e. The van der Waals surface area contributed by atoms with E-state index >= 15 is 0 Å². The molecule has 0 aliphatic carbocycles. The van der Waals surface area contributed by atoms with Gasteiger partial charge in [-0.05, 0) is 6.07 Å². The molecule has 0 atom stereocenters. The van der Waals surface area contributed by atoms with Gasteiger partial charge >= 0.3 is 0 Å². The summed E-state index contributed by atoms with van der Waals surface area (Å²) in [4.78, 5) is 3.95. The molecule has 0 bridgehead atoms. The van der Waals surface area contributed by atoms with Crippen molar-refractivity contribution in [2.45, 2.75) is 0 Å². The molecular weight excluding hydrogens is 266 g/mol. The van der Waals surface area contributed by atoms with Crippen molar-refractivity contribution in [1.82, 2.24) is 10.1 Å². The molecule has 2 aromatic heterocycles. The number of nitrogens with one attached hydrogen (secondary N) is 1. The number of nitrogen functional groups attached to an aromatic ring is 1. The molecule has 0 aliphatic heterocycles. The zero-order valence-electron chi connectivity index (χ0n) is 10.9. The van der Waals surface area contributed by atoms with Crippen LogP contribution in [-0.2, 0) is 0 Å². The summed E-state index contributed by atoms with van der Waals surface area (Å²) in [6.45, 7) is 0. The molecule has 6 heteroatoms. The zero-order chi connectivity index (χ0) is 14.7. The maximum atomic E-state index is 9.03. The van der Waals surface area contributed by atoms with Crippen LogP contribution in [0.25, 0.3) is 11.3 Å². The number of pyridine rings is 1. The van der Waals surface area contributed by atoms with Gasteiger partial charge in [0.2, 0.25) is 5.88 Å². The number of anilines is 3. The molecule has 3 rings (SSSR count). The van der Waals surface area contributed by atoms with E-state index in [0.29, 0.717) is 23.0 Å². The van der Waals surface area contributed by atoms with E-state index in [1.807, 2.05) is 36.4 Å². The van der Waals surface area contributed by atoms with Crippen LogP contribution < -0.4 is 11.1 Å². The second-order valence-corrected chi connectivity index (χ2v) is 4.34. The normalized spacial score (nSPS) is 10.0. The minimum atomic E-state index is 0.238. The molecule has 3 N–H and O–H groups in total. The fourth-order valence-corrected chi connectivity index (χ4v) is 1.88. The number of hydrogen-bond acceptors (Lipinski definition) is 6. The van der Waals surface area contributed by atoms with E-state index in [1.54, 1.807) is 12.1 Å². The highest BCUT2D eigenvalue weighted by atomic mass is 16.5. The summed E-state index contributed by atoms with van der Waals surface area (Å²) in [7, 11) is 0. The summed E-state index contributed by atoms with van der Waals surface area (Å²) in [5, 5.41) is 16.0. The lowest BCUT2D eigenvalue weighted by molar-refractivity contribution is 0.438. The Balaban J connectivity index is 1.89. The van der Waals surface area contributed by atoms with Crippen molar-refractivity contribution in [3.05, 3.63) is 54.4 Å². The van der Waals surface area contributed by atoms with E-state index in [2.05, 4.69) is 15.5 Å². The van der Waals surface area contributed by atoms with Crippen LogP contribution in [0.15, 0.2) is 53.2 Å². The topological polar surface area (TPSA) is 101 Å². The molecule has 0 amide bonds. The van der Waals surface area contributed by atoms with E-state index in [0.717, 1.165) is 5.56 Å². The van der Waals surface area contributed by atoms with Crippen molar-refractivity contribution in [3.63, 3.8) is 0 Å². The first-order chi connectivity index (χ1) is 10.3. The Kier molecular flexibility index (Phi) is 3.23. The Bertz CT molecular complexity index is 804. The first-order valence-electron chi connectivity index (χ1n) is 6.21. The van der Waals surface area contributed by atoms with Gasteiger partial charge in [-0.25, -0.2) is 4.98 Å². The Labute approximate surface area is 120 Å². The van der Waals surface area contributed by atoms with E-state index < -0.39 is 0 Å². The van der Waals surface area contributed by atoms with Crippen molar-refractivity contribution in [2.75, 3.05) is 11.1 Å². The van der Waals surface area contributed by atoms with Crippen molar-refractivity contribution in [3.8, 4) is 17.3 Å². The third-order valence-corrected chi connectivity index (χ3v) is 2.85. The Morgan fingerprint density at radius 1 is 1.19 bits per heavy atom. The number of aromatic nitrogens is 2. The number of nitriles is 1. The van der Waals surface area contributed by atoms with Gasteiger partial charge < -0.3 is 15.6 Å². The van der Waals surface area contributed by atoms with Crippen LogP contribution in [0.4, 0.5) is 17.3 Å². The molecule has 6 nitrogen and oxygen atoms in total. The summed E-state index contributed by atoms with van der Waals surface area (Å²) in [6, 6.07) is 15.0. The van der Waals surface area contributed by atoms with Gasteiger partial charge in [-0.1, -0.05) is 35.5 Å². The zero-order valence-corrected chi connectivity index (χ0v) is 10.9. The molecule has 0 radical (unpaired) electrons. The summed E-state index contributed by atoms with van der Waals surface area (Å²) in [5.74, 6) is 0.415. The van der Waals surface area contributed by atoms with E-state index in [9.17, 15) is 0 Å².